The van der Waals surface area contributed by atoms with Gasteiger partial charge in [0.1, 0.15) is 0 Å². The first-order valence-electron chi connectivity index (χ1n) is 11.1. The van der Waals surface area contributed by atoms with Crippen LogP contribution in [0.5, 0.6) is 0 Å². The standard InChI is InChI=1S/C22H21N5OS.C2HF3O2/c28-21(11-16-7-10-29-15-16)26-9-2-4-19(13-26)22-24-20-6-5-18(14-27(20)25-22)17-3-1-8-23-12-17;3-2(4,5)1(6)7/h1,3,5-8,10,12,14-15,19H,2,4,9,11,13H2;(H,6,7). The molecule has 1 aliphatic heterocycles. The lowest BCUT2D eigenvalue weighted by atomic mass is 9.97. The molecule has 4 aromatic heterocycles. The zero-order valence-electron chi connectivity index (χ0n) is 18.9. The molecule has 1 unspecified atom stereocenters. The van der Waals surface area contributed by atoms with Crippen LogP contribution in [-0.4, -0.2) is 60.7 Å². The Hall–Kier alpha value is -3.80. The number of carboxylic acid groups (broad SMARTS) is 1. The van der Waals surface area contributed by atoms with Crippen molar-refractivity contribution in [3.63, 3.8) is 0 Å². The summed E-state index contributed by atoms with van der Waals surface area (Å²) >= 11 is 1.63. The van der Waals surface area contributed by atoms with Gasteiger partial charge in [0.05, 0.1) is 6.42 Å². The first-order valence-corrected chi connectivity index (χ1v) is 12.0. The van der Waals surface area contributed by atoms with Crippen LogP contribution in [0, 0.1) is 0 Å². The third kappa shape index (κ3) is 6.25. The molecular weight excluding hydrogens is 495 g/mol. The Kier molecular flexibility index (Phi) is 7.63. The number of thiophene rings is 1. The van der Waals surface area contributed by atoms with E-state index >= 15 is 0 Å². The fourth-order valence-electron chi connectivity index (χ4n) is 3.87. The largest absolute Gasteiger partial charge is 0.490 e. The van der Waals surface area contributed by atoms with E-state index in [4.69, 9.17) is 20.0 Å². The number of piperidine rings is 1. The van der Waals surface area contributed by atoms with Gasteiger partial charge in [0.2, 0.25) is 5.91 Å². The summed E-state index contributed by atoms with van der Waals surface area (Å²) in [6.45, 7) is 1.51. The lowest BCUT2D eigenvalue weighted by molar-refractivity contribution is -0.192. The number of likely N-dealkylation sites (tertiary alicyclic amines) is 1. The van der Waals surface area contributed by atoms with Gasteiger partial charge in [0.25, 0.3) is 0 Å². The number of carboxylic acids is 1. The normalized spacial score (nSPS) is 15.9. The Labute approximate surface area is 208 Å². The molecular formula is C24H22F3N5O3S. The van der Waals surface area contributed by atoms with Gasteiger partial charge in [0.15, 0.2) is 11.5 Å². The van der Waals surface area contributed by atoms with Crippen LogP contribution in [0.4, 0.5) is 13.2 Å². The summed E-state index contributed by atoms with van der Waals surface area (Å²) in [5.41, 5.74) is 4.03. The third-order valence-corrected chi connectivity index (χ3v) is 6.39. The van der Waals surface area contributed by atoms with E-state index < -0.39 is 12.1 Å². The average Bonchev–Trinajstić information content (AvgIpc) is 3.54. The lowest BCUT2D eigenvalue weighted by Gasteiger charge is -2.31. The molecule has 0 aromatic carbocycles. The van der Waals surface area contributed by atoms with E-state index in [2.05, 4.69) is 4.98 Å². The molecule has 4 aromatic rings. The highest BCUT2D eigenvalue weighted by Gasteiger charge is 2.38. The van der Waals surface area contributed by atoms with E-state index in [1.807, 2.05) is 62.9 Å². The minimum Gasteiger partial charge on any atom is -0.475 e. The second kappa shape index (κ2) is 10.9. The molecule has 0 aliphatic carbocycles. The summed E-state index contributed by atoms with van der Waals surface area (Å²) in [6, 6.07) is 10.0. The molecule has 1 aliphatic rings. The summed E-state index contributed by atoms with van der Waals surface area (Å²) in [6.07, 6.45) is 2.99. The van der Waals surface area contributed by atoms with Gasteiger partial charge in [-0.05, 0) is 53.4 Å². The van der Waals surface area contributed by atoms with Crippen LogP contribution in [0.15, 0.2) is 59.7 Å². The summed E-state index contributed by atoms with van der Waals surface area (Å²) in [7, 11) is 0. The predicted octanol–water partition coefficient (Wildman–Crippen LogP) is 4.43. The van der Waals surface area contributed by atoms with Crippen LogP contribution < -0.4 is 0 Å². The van der Waals surface area contributed by atoms with Gasteiger partial charge in [-0.1, -0.05) is 6.07 Å². The second-order valence-electron chi connectivity index (χ2n) is 8.22. The number of nitrogens with zero attached hydrogens (tertiary/aromatic N) is 5. The maximum Gasteiger partial charge on any atom is 0.490 e. The molecule has 5 heterocycles. The summed E-state index contributed by atoms with van der Waals surface area (Å²) in [5, 5.41) is 15.9. The maximum atomic E-state index is 12.7. The van der Waals surface area contributed by atoms with E-state index in [1.54, 1.807) is 17.5 Å². The molecule has 1 atom stereocenters. The number of amides is 1. The summed E-state index contributed by atoms with van der Waals surface area (Å²) in [5.74, 6) is -1.57. The van der Waals surface area contributed by atoms with Crippen LogP contribution in [0.1, 0.15) is 30.1 Å². The number of pyridine rings is 2. The Morgan fingerprint density at radius 1 is 1.17 bits per heavy atom. The maximum absolute atomic E-state index is 12.7. The first kappa shape index (κ1) is 25.3. The first-order chi connectivity index (χ1) is 17.2. The number of fused-ring (bicyclic) bond motifs is 1. The Balaban J connectivity index is 0.000000384. The molecule has 1 N–H and O–H groups in total. The lowest BCUT2D eigenvalue weighted by Crippen LogP contribution is -2.40. The van der Waals surface area contributed by atoms with E-state index in [0.29, 0.717) is 13.0 Å². The minimum absolute atomic E-state index is 0.178. The summed E-state index contributed by atoms with van der Waals surface area (Å²) < 4.78 is 33.6. The molecule has 36 heavy (non-hydrogen) atoms. The number of rotatable bonds is 4. The van der Waals surface area contributed by atoms with Crippen molar-refractivity contribution < 1.29 is 27.9 Å². The SMILES string of the molecule is O=C(Cc1ccsc1)N1CCCC(c2nc3ccc(-c4cccnc4)cn3n2)C1.O=C(O)C(F)(F)F. The molecule has 1 fully saturated rings. The van der Waals surface area contributed by atoms with Crippen LogP contribution in [0.3, 0.4) is 0 Å². The summed E-state index contributed by atoms with van der Waals surface area (Å²) in [4.78, 5) is 32.5. The third-order valence-electron chi connectivity index (χ3n) is 5.66. The topological polar surface area (TPSA) is 101 Å². The van der Waals surface area contributed by atoms with E-state index in [9.17, 15) is 18.0 Å². The molecule has 0 saturated carbocycles. The Morgan fingerprint density at radius 2 is 1.97 bits per heavy atom. The number of aliphatic carboxylic acids is 1. The van der Waals surface area contributed by atoms with Crippen molar-refractivity contribution in [2.75, 3.05) is 13.1 Å². The molecule has 0 spiro atoms. The highest BCUT2D eigenvalue weighted by Crippen LogP contribution is 2.26. The van der Waals surface area contributed by atoms with Crippen molar-refractivity contribution in [1.29, 1.82) is 0 Å². The Morgan fingerprint density at radius 3 is 2.64 bits per heavy atom. The predicted molar refractivity (Wildman–Crippen MR) is 126 cm³/mol. The fraction of sp³-hybridized carbons (Fsp3) is 0.292. The fourth-order valence-corrected chi connectivity index (χ4v) is 4.54. The van der Waals surface area contributed by atoms with Crippen molar-refractivity contribution in [2.45, 2.75) is 31.4 Å². The van der Waals surface area contributed by atoms with Crippen molar-refractivity contribution in [2.24, 2.45) is 0 Å². The monoisotopic (exact) mass is 517 g/mol. The van der Waals surface area contributed by atoms with Crippen LogP contribution in [-0.2, 0) is 16.0 Å². The highest BCUT2D eigenvalue weighted by atomic mass is 32.1. The Bertz CT molecular complexity index is 1330. The van der Waals surface area contributed by atoms with Crippen LogP contribution >= 0.6 is 11.3 Å². The molecule has 1 amide bonds. The zero-order valence-corrected chi connectivity index (χ0v) is 19.7. The van der Waals surface area contributed by atoms with Crippen LogP contribution in [0.2, 0.25) is 0 Å². The van der Waals surface area contributed by atoms with Gasteiger partial charge >= 0.3 is 12.1 Å². The second-order valence-corrected chi connectivity index (χ2v) is 9.00. The van der Waals surface area contributed by atoms with E-state index in [1.165, 1.54) is 0 Å². The van der Waals surface area contributed by atoms with Gasteiger partial charge < -0.3 is 10.0 Å². The van der Waals surface area contributed by atoms with Crippen LogP contribution in [0.25, 0.3) is 16.8 Å². The quantitative estimate of drug-likeness (QED) is 0.430. The number of aromatic nitrogens is 4. The van der Waals surface area contributed by atoms with E-state index in [0.717, 1.165) is 47.5 Å². The van der Waals surface area contributed by atoms with Gasteiger partial charge in [-0.3, -0.25) is 9.78 Å². The number of halogens is 3. The molecule has 188 valence electrons. The molecule has 0 radical (unpaired) electrons. The highest BCUT2D eigenvalue weighted by molar-refractivity contribution is 7.08. The number of carbonyl (C=O) groups is 2. The van der Waals surface area contributed by atoms with Gasteiger partial charge in [-0.25, -0.2) is 14.3 Å². The number of carbonyl (C=O) groups excluding carboxylic acids is 1. The number of hydrogen-bond acceptors (Lipinski definition) is 6. The minimum atomic E-state index is -5.08. The number of alkyl halides is 3. The smallest absolute Gasteiger partial charge is 0.475 e. The van der Waals surface area contributed by atoms with Crippen molar-refractivity contribution in [3.8, 4) is 11.1 Å². The molecule has 1 saturated heterocycles. The van der Waals surface area contributed by atoms with Crippen molar-refractivity contribution in [1.82, 2.24) is 24.5 Å². The zero-order chi connectivity index (χ0) is 25.7. The average molecular weight is 518 g/mol. The molecule has 0 bridgehead atoms. The van der Waals surface area contributed by atoms with Gasteiger partial charge in [0, 0.05) is 48.7 Å². The molecule has 5 rings (SSSR count). The van der Waals surface area contributed by atoms with Gasteiger partial charge in [-0.15, -0.1) is 0 Å². The number of hydrogen-bond donors (Lipinski definition) is 1. The van der Waals surface area contributed by atoms with E-state index in [-0.39, 0.29) is 11.8 Å². The molecule has 8 nitrogen and oxygen atoms in total. The van der Waals surface area contributed by atoms with Gasteiger partial charge in [-0.2, -0.15) is 29.6 Å². The molecule has 12 heteroatoms. The van der Waals surface area contributed by atoms with Crippen molar-refractivity contribution >= 4 is 28.9 Å². The van der Waals surface area contributed by atoms with Crippen molar-refractivity contribution in [3.05, 3.63) is 71.1 Å².